The van der Waals surface area contributed by atoms with E-state index in [-0.39, 0.29) is 122 Å². The number of hydrogen-bond donors (Lipinski definition) is 0. The van der Waals surface area contributed by atoms with Crippen LogP contribution in [-0.4, -0.2) is 113 Å². The minimum Gasteiger partial charge on any atom is -1.00 e. The van der Waals surface area contributed by atoms with Crippen LogP contribution in [0.15, 0.2) is 0 Å². The van der Waals surface area contributed by atoms with E-state index in [9.17, 15) is 0 Å². The van der Waals surface area contributed by atoms with Crippen molar-refractivity contribution in [3.8, 4) is 0 Å². The summed E-state index contributed by atoms with van der Waals surface area (Å²) in [7, 11) is 0. The first-order valence-corrected chi connectivity index (χ1v) is 1.73. The molecule has 7 heavy (non-hydrogen) atoms. The van der Waals surface area contributed by atoms with Gasteiger partial charge in [-0.2, -0.15) is 0 Å². The van der Waals surface area contributed by atoms with Crippen molar-refractivity contribution in [2.24, 2.45) is 5.92 Å². The molecule has 0 nitrogen and oxygen atoms in total. The van der Waals surface area contributed by atoms with Crippen LogP contribution in [0.2, 0.25) is 0 Å². The van der Waals surface area contributed by atoms with Crippen molar-refractivity contribution < 1.29 is 8.56 Å². The SMILES string of the molecule is CC(C)C.[Ca+2].[Ca+2].[Ca+2].[H-].[H-].[H-].[H-].[H-].[H-]. The standard InChI is InChI=1S/C4H10.3Ca.6H/c1-4(2)3;;;;;;;;;/h4H,1-3H3;;;;;;;;;/q;3*+2;6*-1. The summed E-state index contributed by atoms with van der Waals surface area (Å²) in [5.41, 5.74) is 0. The normalized spacial score (nSPS) is 5.14. The van der Waals surface area contributed by atoms with Gasteiger partial charge in [-0.3, -0.25) is 0 Å². The molecule has 0 spiro atoms. The maximum Gasteiger partial charge on any atom is 2.00 e. The predicted octanol–water partition coefficient (Wildman–Crippen LogP) is 1.19. The summed E-state index contributed by atoms with van der Waals surface area (Å²) in [5, 5.41) is 0. The van der Waals surface area contributed by atoms with E-state index >= 15 is 0 Å². The van der Waals surface area contributed by atoms with Crippen LogP contribution in [0.4, 0.5) is 0 Å². The van der Waals surface area contributed by atoms with Crippen LogP contribution in [-0.2, 0) is 0 Å². The topological polar surface area (TPSA) is 0 Å². The molecule has 0 aromatic carbocycles. The second-order valence-corrected chi connectivity index (χ2v) is 1.73. The Bertz CT molecular complexity index is 24.6. The van der Waals surface area contributed by atoms with Crippen molar-refractivity contribution in [1.29, 1.82) is 0 Å². The maximum atomic E-state index is 2.17. The summed E-state index contributed by atoms with van der Waals surface area (Å²) < 4.78 is 0. The first-order valence-electron chi connectivity index (χ1n) is 1.73. The molecule has 0 fully saturated rings. The van der Waals surface area contributed by atoms with Crippen LogP contribution in [0.3, 0.4) is 0 Å². The van der Waals surface area contributed by atoms with Crippen molar-refractivity contribution in [2.75, 3.05) is 0 Å². The molecule has 0 aromatic heterocycles. The summed E-state index contributed by atoms with van der Waals surface area (Å²) in [4.78, 5) is 0. The Balaban J connectivity index is -0.00000000125. The van der Waals surface area contributed by atoms with Gasteiger partial charge in [-0.1, -0.05) is 20.8 Å². The minimum atomic E-state index is 0. The van der Waals surface area contributed by atoms with E-state index in [4.69, 9.17) is 0 Å². The Kier molecular flexibility index (Phi) is 52.6. The van der Waals surface area contributed by atoms with Gasteiger partial charge in [-0.05, 0) is 5.92 Å². The van der Waals surface area contributed by atoms with Crippen LogP contribution in [0.5, 0.6) is 0 Å². The van der Waals surface area contributed by atoms with Crippen LogP contribution in [0, 0.1) is 5.92 Å². The fourth-order valence-electron chi connectivity index (χ4n) is 0. The van der Waals surface area contributed by atoms with Gasteiger partial charge in [0.25, 0.3) is 0 Å². The van der Waals surface area contributed by atoms with Crippen molar-refractivity contribution >= 4 is 113 Å². The van der Waals surface area contributed by atoms with E-state index in [1.165, 1.54) is 0 Å². The van der Waals surface area contributed by atoms with Gasteiger partial charge in [0.1, 0.15) is 0 Å². The molecule has 0 N–H and O–H groups in total. The molecule has 0 aliphatic carbocycles. The molecular formula is C4H16Ca3. The molecule has 38 valence electrons. The molecule has 0 rings (SSSR count). The Morgan fingerprint density at radius 2 is 0.857 bits per heavy atom. The number of rotatable bonds is 0. The maximum absolute atomic E-state index is 2.17. The summed E-state index contributed by atoms with van der Waals surface area (Å²) >= 11 is 0. The van der Waals surface area contributed by atoms with Crippen molar-refractivity contribution in [3.63, 3.8) is 0 Å². The molecule has 0 radical (unpaired) electrons. The van der Waals surface area contributed by atoms with Gasteiger partial charge in [0.05, 0.1) is 0 Å². The third kappa shape index (κ3) is 41.4. The Labute approximate surface area is 145 Å². The number of hydrogen-bond acceptors (Lipinski definition) is 0. The zero-order valence-electron chi connectivity index (χ0n) is 11.7. The summed E-state index contributed by atoms with van der Waals surface area (Å²) in [6.07, 6.45) is 0. The zero-order chi connectivity index (χ0) is 3.58. The quantitative estimate of drug-likeness (QED) is 0.496. The molecule has 0 aromatic rings. The van der Waals surface area contributed by atoms with E-state index in [1.807, 2.05) is 0 Å². The van der Waals surface area contributed by atoms with Gasteiger partial charge in [0.15, 0.2) is 0 Å². The fourth-order valence-corrected chi connectivity index (χ4v) is 0. The molecule has 0 aliphatic rings. The summed E-state index contributed by atoms with van der Waals surface area (Å²) in [6, 6.07) is 0. The van der Waals surface area contributed by atoms with Crippen LogP contribution >= 0.6 is 0 Å². The van der Waals surface area contributed by atoms with Gasteiger partial charge in [0.2, 0.25) is 0 Å². The second kappa shape index (κ2) is 16.4. The Morgan fingerprint density at radius 3 is 0.857 bits per heavy atom. The molecule has 0 saturated heterocycles. The summed E-state index contributed by atoms with van der Waals surface area (Å²) in [5.74, 6) is 0.833. The van der Waals surface area contributed by atoms with E-state index < -0.39 is 0 Å². The van der Waals surface area contributed by atoms with Crippen LogP contribution in [0.25, 0.3) is 0 Å². The molecule has 0 saturated carbocycles. The molecule has 0 aliphatic heterocycles. The Morgan fingerprint density at radius 1 is 0.857 bits per heavy atom. The van der Waals surface area contributed by atoms with Crippen LogP contribution < -0.4 is 0 Å². The molecule has 3 heteroatoms. The first kappa shape index (κ1) is 22.4. The molecular weight excluding hydrogens is 168 g/mol. The largest absolute Gasteiger partial charge is 2.00 e. The van der Waals surface area contributed by atoms with E-state index in [2.05, 4.69) is 20.8 Å². The van der Waals surface area contributed by atoms with Crippen molar-refractivity contribution in [3.05, 3.63) is 0 Å². The Hall–Kier alpha value is 3.78. The monoisotopic (exact) mass is 184 g/mol. The third-order valence-electron chi connectivity index (χ3n) is 0. The van der Waals surface area contributed by atoms with Crippen molar-refractivity contribution in [1.82, 2.24) is 0 Å². The average molecular weight is 184 g/mol. The van der Waals surface area contributed by atoms with E-state index in [0.717, 1.165) is 5.92 Å². The molecule has 0 heterocycles. The van der Waals surface area contributed by atoms with Gasteiger partial charge in [0, 0.05) is 0 Å². The molecule has 0 amide bonds. The second-order valence-electron chi connectivity index (χ2n) is 1.73. The average Bonchev–Trinajstić information content (AvgIpc) is 0.811. The van der Waals surface area contributed by atoms with Crippen molar-refractivity contribution in [2.45, 2.75) is 20.8 Å². The van der Waals surface area contributed by atoms with E-state index in [1.54, 1.807) is 0 Å². The van der Waals surface area contributed by atoms with Gasteiger partial charge in [-0.15, -0.1) is 0 Å². The molecule has 0 atom stereocenters. The zero-order valence-corrected chi connectivity index (χ0v) is 12.3. The fraction of sp³-hybridized carbons (Fsp3) is 1.00. The van der Waals surface area contributed by atoms with E-state index in [0.29, 0.717) is 0 Å². The predicted molar refractivity (Wildman–Crippen MR) is 44.4 cm³/mol. The smallest absolute Gasteiger partial charge is 1.00 e. The van der Waals surface area contributed by atoms with Gasteiger partial charge >= 0.3 is 113 Å². The molecule has 0 bridgehead atoms. The summed E-state index contributed by atoms with van der Waals surface area (Å²) in [6.45, 7) is 6.50. The molecule has 0 unspecified atom stereocenters. The minimum absolute atomic E-state index is 0. The third-order valence-corrected chi connectivity index (χ3v) is 0. The first-order chi connectivity index (χ1) is 1.73. The van der Waals surface area contributed by atoms with Crippen LogP contribution in [0.1, 0.15) is 29.3 Å². The van der Waals surface area contributed by atoms with Gasteiger partial charge in [-0.25, -0.2) is 0 Å². The van der Waals surface area contributed by atoms with Gasteiger partial charge < -0.3 is 8.56 Å².